The van der Waals surface area contributed by atoms with Crippen LogP contribution in [0.3, 0.4) is 0 Å². The van der Waals surface area contributed by atoms with Gasteiger partial charge in [0.2, 0.25) is 0 Å². The monoisotopic (exact) mass is 431 g/mol. The molecule has 30 heavy (non-hydrogen) atoms. The van der Waals surface area contributed by atoms with Crippen LogP contribution in [0, 0.1) is 0 Å². The van der Waals surface area contributed by atoms with Crippen LogP contribution in [0.1, 0.15) is 23.7 Å². The van der Waals surface area contributed by atoms with Crippen LogP contribution in [0.2, 0.25) is 0 Å². The Balaban J connectivity index is 1.24. The van der Waals surface area contributed by atoms with Gasteiger partial charge in [0.25, 0.3) is 0 Å². The van der Waals surface area contributed by atoms with Gasteiger partial charge in [-0.25, -0.2) is 0 Å². The van der Waals surface area contributed by atoms with E-state index in [0.717, 1.165) is 57.0 Å². The first-order chi connectivity index (χ1) is 14.6. The van der Waals surface area contributed by atoms with Crippen LogP contribution in [-0.4, -0.2) is 54.6 Å². The van der Waals surface area contributed by atoms with Crippen molar-refractivity contribution in [3.05, 3.63) is 63.3 Å². The molecule has 0 unspecified atom stereocenters. The second-order valence-corrected chi connectivity index (χ2v) is 8.05. The number of H-pyrrole nitrogens is 1. The fourth-order valence-electron chi connectivity index (χ4n) is 3.19. The van der Waals surface area contributed by atoms with Gasteiger partial charge in [-0.2, -0.15) is 0 Å². The number of aromatic nitrogens is 1. The lowest BCUT2D eigenvalue weighted by atomic mass is 10.1. The molecule has 0 amide bonds. The summed E-state index contributed by atoms with van der Waals surface area (Å²) in [5.41, 5.74) is 2.32. The number of rotatable bonds is 13. The summed E-state index contributed by atoms with van der Waals surface area (Å²) >= 11 is 0.995. The summed E-state index contributed by atoms with van der Waals surface area (Å²) in [6.07, 6.45) is 1.14. The Labute approximate surface area is 179 Å². The number of fused-ring (bicyclic) bond motifs is 1. The molecule has 3 aromatic rings. The van der Waals surface area contributed by atoms with Crippen LogP contribution >= 0.6 is 11.3 Å². The average Bonchev–Trinajstić information content (AvgIpc) is 3.15. The summed E-state index contributed by atoms with van der Waals surface area (Å²) < 4.78 is 6.26. The van der Waals surface area contributed by atoms with Gasteiger partial charge in [0.1, 0.15) is 11.3 Å². The summed E-state index contributed by atoms with van der Waals surface area (Å²) in [5.74, 6) is 0.0144. The topological polar surface area (TPSA) is 107 Å². The lowest BCUT2D eigenvalue weighted by Crippen LogP contribution is -2.31. The van der Waals surface area contributed by atoms with Gasteiger partial charge < -0.3 is 30.6 Å². The van der Waals surface area contributed by atoms with Gasteiger partial charge in [-0.15, -0.1) is 0 Å². The lowest BCUT2D eigenvalue weighted by Gasteiger charge is -2.13. The third kappa shape index (κ3) is 6.65. The zero-order chi connectivity index (χ0) is 21.2. The summed E-state index contributed by atoms with van der Waals surface area (Å²) in [4.78, 5) is 13.9. The minimum Gasteiger partial charge on any atom is -0.506 e. The Hall–Kier alpha value is -2.23. The average molecular weight is 432 g/mol. The number of phenolic OH excluding ortho intramolecular Hbond substituents is 1. The van der Waals surface area contributed by atoms with Gasteiger partial charge in [0, 0.05) is 31.8 Å². The molecule has 0 aliphatic heterocycles. The molecule has 0 spiro atoms. The molecule has 2 aromatic carbocycles. The largest absolute Gasteiger partial charge is 0.506 e. The molecule has 3 rings (SSSR count). The number of hydrogen-bond donors (Lipinski definition) is 5. The zero-order valence-electron chi connectivity index (χ0n) is 16.9. The van der Waals surface area contributed by atoms with Crippen LogP contribution in [-0.2, 0) is 11.2 Å². The molecule has 7 nitrogen and oxygen atoms in total. The minimum atomic E-state index is -0.752. The van der Waals surface area contributed by atoms with E-state index in [-0.39, 0.29) is 10.6 Å². The molecule has 0 saturated carbocycles. The number of phenols is 1. The van der Waals surface area contributed by atoms with E-state index in [2.05, 4.69) is 27.8 Å². The third-order valence-electron chi connectivity index (χ3n) is 4.78. The molecular weight excluding hydrogens is 402 g/mol. The SMILES string of the molecule is O=c1[nH]c2c(O)ccc([C@@H](O)CNCCNCCCOCCc3ccccc3)c2s1. The second kappa shape index (κ2) is 11.8. The molecule has 1 atom stereocenters. The number of nitrogens with one attached hydrogen (secondary N) is 3. The molecule has 0 fully saturated rings. The molecule has 1 heterocycles. The maximum absolute atomic E-state index is 11.6. The summed E-state index contributed by atoms with van der Waals surface area (Å²) in [6.45, 7) is 4.24. The fourth-order valence-corrected chi connectivity index (χ4v) is 4.11. The predicted molar refractivity (Wildman–Crippen MR) is 120 cm³/mol. The molecule has 0 radical (unpaired) electrons. The standard InChI is InChI=1S/C22H29N3O4S/c26-18-8-7-17(21-20(18)25-22(28)30-21)19(27)15-24-12-11-23-10-4-13-29-14-9-16-5-2-1-3-6-16/h1-3,5-8,19,23-24,26-27H,4,9-15H2,(H,25,28)/t19-/m0/s1. The second-order valence-electron chi connectivity index (χ2n) is 7.06. The number of aromatic hydroxyl groups is 1. The van der Waals surface area contributed by atoms with E-state index in [4.69, 9.17) is 4.74 Å². The van der Waals surface area contributed by atoms with Gasteiger partial charge in [-0.05, 0) is 31.0 Å². The molecule has 0 aliphatic rings. The van der Waals surface area contributed by atoms with Crippen LogP contribution in [0.25, 0.3) is 10.2 Å². The van der Waals surface area contributed by atoms with Crippen LogP contribution in [0.5, 0.6) is 5.75 Å². The van der Waals surface area contributed by atoms with Crippen LogP contribution in [0.4, 0.5) is 0 Å². The van der Waals surface area contributed by atoms with E-state index < -0.39 is 6.10 Å². The third-order valence-corrected chi connectivity index (χ3v) is 5.71. The van der Waals surface area contributed by atoms with Crippen molar-refractivity contribution in [3.63, 3.8) is 0 Å². The minimum absolute atomic E-state index is 0.0144. The highest BCUT2D eigenvalue weighted by molar-refractivity contribution is 7.16. The molecule has 5 N–H and O–H groups in total. The molecule has 8 heteroatoms. The predicted octanol–water partition coefficient (Wildman–Crippen LogP) is 2.16. The Bertz CT molecular complexity index is 958. The van der Waals surface area contributed by atoms with Crippen molar-refractivity contribution >= 4 is 21.6 Å². The van der Waals surface area contributed by atoms with Crippen molar-refractivity contribution < 1.29 is 14.9 Å². The number of aliphatic hydroxyl groups is 1. The molecule has 1 aromatic heterocycles. The van der Waals surface area contributed by atoms with E-state index in [0.29, 0.717) is 22.3 Å². The fraction of sp³-hybridized carbons (Fsp3) is 0.409. The van der Waals surface area contributed by atoms with E-state index in [1.54, 1.807) is 6.07 Å². The number of thiazole rings is 1. The number of aromatic amines is 1. The highest BCUT2D eigenvalue weighted by Gasteiger charge is 2.15. The van der Waals surface area contributed by atoms with Crippen LogP contribution in [0.15, 0.2) is 47.3 Å². The maximum Gasteiger partial charge on any atom is 0.305 e. The quantitative estimate of drug-likeness (QED) is 0.266. The Morgan fingerprint density at radius 2 is 1.83 bits per heavy atom. The first-order valence-electron chi connectivity index (χ1n) is 10.2. The summed E-state index contributed by atoms with van der Waals surface area (Å²) in [6, 6.07) is 13.5. The molecule has 0 saturated heterocycles. The number of hydrogen-bond acceptors (Lipinski definition) is 7. The highest BCUT2D eigenvalue weighted by Crippen LogP contribution is 2.31. The first-order valence-corrected chi connectivity index (χ1v) is 11.0. The van der Waals surface area contributed by atoms with Crippen molar-refractivity contribution in [2.75, 3.05) is 39.4 Å². The Morgan fingerprint density at radius 1 is 1.03 bits per heavy atom. The molecule has 162 valence electrons. The van der Waals surface area contributed by atoms with Gasteiger partial charge in [-0.1, -0.05) is 47.7 Å². The summed E-state index contributed by atoms with van der Waals surface area (Å²) in [7, 11) is 0. The van der Waals surface area contributed by atoms with E-state index in [1.165, 1.54) is 11.6 Å². The molecule has 0 aliphatic carbocycles. The Morgan fingerprint density at radius 3 is 2.67 bits per heavy atom. The smallest absolute Gasteiger partial charge is 0.305 e. The number of ether oxygens (including phenoxy) is 1. The van der Waals surface area contributed by atoms with Gasteiger partial charge >= 0.3 is 4.87 Å². The summed E-state index contributed by atoms with van der Waals surface area (Å²) in [5, 5.41) is 26.8. The van der Waals surface area contributed by atoms with Crippen LogP contribution < -0.4 is 15.5 Å². The maximum atomic E-state index is 11.6. The van der Waals surface area contributed by atoms with E-state index in [1.807, 2.05) is 18.2 Å². The first kappa shape index (κ1) is 22.5. The van der Waals surface area contributed by atoms with Gasteiger partial charge in [-0.3, -0.25) is 4.79 Å². The van der Waals surface area contributed by atoms with E-state index >= 15 is 0 Å². The number of benzene rings is 2. The van der Waals surface area contributed by atoms with Gasteiger partial charge in [0.15, 0.2) is 0 Å². The van der Waals surface area contributed by atoms with Gasteiger partial charge in [0.05, 0.1) is 17.4 Å². The lowest BCUT2D eigenvalue weighted by molar-refractivity contribution is 0.134. The van der Waals surface area contributed by atoms with Crippen molar-refractivity contribution in [2.45, 2.75) is 18.9 Å². The normalized spacial score (nSPS) is 12.4. The zero-order valence-corrected chi connectivity index (χ0v) is 17.7. The highest BCUT2D eigenvalue weighted by atomic mass is 32.1. The van der Waals surface area contributed by atoms with Crippen molar-refractivity contribution in [1.82, 2.24) is 15.6 Å². The number of aliphatic hydroxyl groups excluding tert-OH is 1. The molecular formula is C22H29N3O4S. The van der Waals surface area contributed by atoms with Crippen molar-refractivity contribution in [1.29, 1.82) is 0 Å². The van der Waals surface area contributed by atoms with E-state index in [9.17, 15) is 15.0 Å². The van der Waals surface area contributed by atoms with Crippen molar-refractivity contribution in [3.8, 4) is 5.75 Å². The Kier molecular flexibility index (Phi) is 8.85. The molecule has 0 bridgehead atoms. The van der Waals surface area contributed by atoms with Crippen molar-refractivity contribution in [2.24, 2.45) is 0 Å².